The molecule has 0 fully saturated rings. The van der Waals surface area contributed by atoms with Gasteiger partial charge in [0.05, 0.1) is 33.8 Å². The van der Waals surface area contributed by atoms with Crippen LogP contribution >= 0.6 is 7.82 Å². The Hall–Kier alpha value is -2.55. The van der Waals surface area contributed by atoms with Crippen molar-refractivity contribution < 1.29 is 37.3 Å². The van der Waals surface area contributed by atoms with Crippen LogP contribution < -0.4 is 10.2 Å². The fourth-order valence-electron chi connectivity index (χ4n) is 8.57. The molecular weight excluding hydrogens is 940 g/mol. The zero-order valence-corrected chi connectivity index (χ0v) is 49.9. The van der Waals surface area contributed by atoms with E-state index in [-0.39, 0.29) is 18.9 Å². The molecule has 0 aromatic heterocycles. The molecule has 0 saturated heterocycles. The minimum absolute atomic E-state index is 0.0328. The van der Waals surface area contributed by atoms with Crippen molar-refractivity contribution in [2.75, 3.05) is 40.9 Å². The van der Waals surface area contributed by atoms with E-state index < -0.39 is 32.5 Å². The lowest BCUT2D eigenvalue weighted by molar-refractivity contribution is -0.870. The second-order valence-corrected chi connectivity index (χ2v) is 23.3. The van der Waals surface area contributed by atoms with Crippen LogP contribution in [-0.2, 0) is 27.9 Å². The van der Waals surface area contributed by atoms with Crippen LogP contribution in [-0.4, -0.2) is 69.4 Å². The van der Waals surface area contributed by atoms with Crippen LogP contribution in [0.25, 0.3) is 0 Å². The number of phosphoric acid groups is 1. The minimum Gasteiger partial charge on any atom is -0.756 e. The Labute approximate surface area is 457 Å². The van der Waals surface area contributed by atoms with Gasteiger partial charge in [-0.1, -0.05) is 235 Å². The highest BCUT2D eigenvalue weighted by Crippen LogP contribution is 2.38. The largest absolute Gasteiger partial charge is 0.756 e. The molecule has 1 amide bonds. The predicted octanol–water partition coefficient (Wildman–Crippen LogP) is 18.2. The fraction of sp³-hybridized carbons (Fsp3) is 0.781. The number of unbranched alkanes of at least 4 members (excludes halogenated alkanes) is 29. The molecule has 430 valence electrons. The maximum Gasteiger partial charge on any atom is 0.306 e. The summed E-state index contributed by atoms with van der Waals surface area (Å²) in [7, 11) is 1.15. The SMILES string of the molecule is CCCCC/C=C\C/C=C\C/C=C\C/C=C\CCCC(=O)OC(/C=C/CCCCCCCCCCCC)C(COP(=O)([O-])OCC[N+](C)(C)C)NC(=O)CCCCCCCCCCC/C=C/CCCCCCCC. The average molecular weight is 1060 g/mol. The fourth-order valence-corrected chi connectivity index (χ4v) is 9.29. The van der Waals surface area contributed by atoms with Gasteiger partial charge in [-0.15, -0.1) is 0 Å². The monoisotopic (exact) mass is 1060 g/mol. The number of quaternary nitrogens is 1. The number of hydrogen-bond acceptors (Lipinski definition) is 7. The number of nitrogens with one attached hydrogen (secondary N) is 1. The zero-order valence-electron chi connectivity index (χ0n) is 49.0. The van der Waals surface area contributed by atoms with Crippen molar-refractivity contribution in [3.8, 4) is 0 Å². The van der Waals surface area contributed by atoms with Gasteiger partial charge >= 0.3 is 5.97 Å². The van der Waals surface area contributed by atoms with E-state index >= 15 is 0 Å². The summed E-state index contributed by atoms with van der Waals surface area (Å²) < 4.78 is 30.2. The molecule has 0 rings (SSSR count). The molecule has 0 aliphatic heterocycles. The highest BCUT2D eigenvalue weighted by atomic mass is 31.2. The molecule has 1 N–H and O–H groups in total. The lowest BCUT2D eigenvalue weighted by atomic mass is 10.0. The van der Waals surface area contributed by atoms with Gasteiger partial charge in [0.15, 0.2) is 0 Å². The molecule has 0 saturated carbocycles. The lowest BCUT2D eigenvalue weighted by Crippen LogP contribution is -2.47. The Kier molecular flexibility index (Phi) is 52.0. The lowest BCUT2D eigenvalue weighted by Gasteiger charge is -2.30. The molecular formula is C64H117N2O7P. The van der Waals surface area contributed by atoms with E-state index in [1.165, 1.54) is 161 Å². The maximum absolute atomic E-state index is 13.5. The van der Waals surface area contributed by atoms with E-state index in [2.05, 4.69) is 86.8 Å². The highest BCUT2D eigenvalue weighted by Gasteiger charge is 2.27. The molecule has 0 aliphatic carbocycles. The summed E-state index contributed by atoms with van der Waals surface area (Å²) >= 11 is 0. The van der Waals surface area contributed by atoms with Gasteiger partial charge in [0.25, 0.3) is 7.82 Å². The number of nitrogens with zero attached hydrogens (tertiary/aromatic N) is 1. The predicted molar refractivity (Wildman–Crippen MR) is 316 cm³/mol. The molecule has 9 nitrogen and oxygen atoms in total. The van der Waals surface area contributed by atoms with Crippen molar-refractivity contribution in [2.45, 2.75) is 283 Å². The average Bonchev–Trinajstić information content (AvgIpc) is 3.36. The van der Waals surface area contributed by atoms with Crippen molar-refractivity contribution in [2.24, 2.45) is 0 Å². The quantitative estimate of drug-likeness (QED) is 0.0212. The van der Waals surface area contributed by atoms with Gasteiger partial charge in [-0.2, -0.15) is 0 Å². The molecule has 0 heterocycles. The van der Waals surface area contributed by atoms with Gasteiger partial charge in [-0.3, -0.25) is 14.2 Å². The smallest absolute Gasteiger partial charge is 0.306 e. The minimum atomic E-state index is -4.71. The summed E-state index contributed by atoms with van der Waals surface area (Å²) in [5, 5.41) is 3.01. The van der Waals surface area contributed by atoms with Gasteiger partial charge in [0, 0.05) is 12.8 Å². The van der Waals surface area contributed by atoms with E-state index in [0.29, 0.717) is 23.9 Å². The first kappa shape index (κ1) is 71.5. The third-order valence-corrected chi connectivity index (χ3v) is 14.3. The second kappa shape index (κ2) is 53.8. The van der Waals surface area contributed by atoms with Gasteiger partial charge < -0.3 is 28.5 Å². The van der Waals surface area contributed by atoms with Crippen LogP contribution in [0.15, 0.2) is 72.9 Å². The summed E-state index contributed by atoms with van der Waals surface area (Å²) in [4.78, 5) is 39.9. The molecule has 10 heteroatoms. The number of allylic oxidation sites excluding steroid dienone is 11. The normalized spacial score (nSPS) is 14.2. The molecule has 0 radical (unpaired) electrons. The van der Waals surface area contributed by atoms with E-state index in [4.69, 9.17) is 13.8 Å². The Balaban J connectivity index is 5.35. The molecule has 0 aromatic carbocycles. The number of carbonyl (C=O) groups excluding carboxylic acids is 2. The maximum atomic E-state index is 13.5. The van der Waals surface area contributed by atoms with E-state index in [1.807, 2.05) is 33.3 Å². The summed E-state index contributed by atoms with van der Waals surface area (Å²) in [6.07, 6.45) is 68.7. The van der Waals surface area contributed by atoms with Crippen LogP contribution in [0.1, 0.15) is 271 Å². The van der Waals surface area contributed by atoms with E-state index in [9.17, 15) is 19.0 Å². The van der Waals surface area contributed by atoms with E-state index in [1.54, 1.807) is 0 Å². The number of hydrogen-bond donors (Lipinski definition) is 1. The Morgan fingerprint density at radius 1 is 0.473 bits per heavy atom. The molecule has 74 heavy (non-hydrogen) atoms. The highest BCUT2D eigenvalue weighted by molar-refractivity contribution is 7.45. The first-order chi connectivity index (χ1) is 35.9. The van der Waals surface area contributed by atoms with Gasteiger partial charge in [-0.25, -0.2) is 0 Å². The summed E-state index contributed by atoms with van der Waals surface area (Å²) in [5.41, 5.74) is 0. The Morgan fingerprint density at radius 2 is 0.838 bits per heavy atom. The first-order valence-corrected chi connectivity index (χ1v) is 32.2. The molecule has 0 spiro atoms. The number of rotatable bonds is 55. The molecule has 0 bridgehead atoms. The van der Waals surface area contributed by atoms with Crippen LogP contribution in [0.5, 0.6) is 0 Å². The van der Waals surface area contributed by atoms with Gasteiger partial charge in [0.1, 0.15) is 19.3 Å². The van der Waals surface area contributed by atoms with Crippen molar-refractivity contribution >= 4 is 19.7 Å². The zero-order chi connectivity index (χ0) is 54.3. The van der Waals surface area contributed by atoms with Gasteiger partial charge in [0.2, 0.25) is 5.91 Å². The van der Waals surface area contributed by atoms with Crippen LogP contribution in [0.3, 0.4) is 0 Å². The first-order valence-electron chi connectivity index (χ1n) is 30.7. The number of amides is 1. The number of phosphoric ester groups is 1. The second-order valence-electron chi connectivity index (χ2n) is 21.8. The standard InChI is InChI=1S/C64H117N2O7P/c1-7-10-13-16-19-22-25-28-30-32-33-35-36-38-41-44-47-50-53-56-63(67)65-61(60-72-74(69,70)71-59-58-66(4,5)6)62(55-52-49-46-43-40-27-24-21-18-15-12-9-3)73-64(68)57-54-51-48-45-42-39-37-34-31-29-26-23-20-17-14-11-8-2/h20,23,28-31,37,39,45,48,52,55,61-62H,7-19,21-22,24-27,32-36,38,40-44,46-47,49-51,53-54,56-60H2,1-6H3,(H-,65,67,69,70)/b23-20-,30-28+,31-29-,39-37-,48-45-,55-52+. The topological polar surface area (TPSA) is 114 Å². The van der Waals surface area contributed by atoms with Gasteiger partial charge in [-0.05, 0) is 96.0 Å². The van der Waals surface area contributed by atoms with E-state index in [0.717, 1.165) is 70.6 Å². The molecule has 0 aromatic rings. The molecule has 3 atom stereocenters. The summed E-state index contributed by atoms with van der Waals surface area (Å²) in [6, 6.07) is -0.913. The summed E-state index contributed by atoms with van der Waals surface area (Å²) in [6.45, 7) is 6.78. The number of carbonyl (C=O) groups is 2. The summed E-state index contributed by atoms with van der Waals surface area (Å²) in [5.74, 6) is -0.607. The molecule has 3 unspecified atom stereocenters. The van der Waals surface area contributed by atoms with Crippen molar-refractivity contribution in [1.82, 2.24) is 5.32 Å². The van der Waals surface area contributed by atoms with Crippen LogP contribution in [0.4, 0.5) is 0 Å². The molecule has 0 aliphatic rings. The number of likely N-dealkylation sites (N-methyl/N-ethyl adjacent to an activating group) is 1. The third-order valence-electron chi connectivity index (χ3n) is 13.4. The van der Waals surface area contributed by atoms with Crippen LogP contribution in [0.2, 0.25) is 0 Å². The van der Waals surface area contributed by atoms with Crippen molar-refractivity contribution in [3.05, 3.63) is 72.9 Å². The third kappa shape index (κ3) is 54.2. The van der Waals surface area contributed by atoms with Crippen LogP contribution in [0, 0.1) is 0 Å². The van der Waals surface area contributed by atoms with Crippen molar-refractivity contribution in [3.63, 3.8) is 0 Å². The number of ether oxygens (including phenoxy) is 1. The Morgan fingerprint density at radius 3 is 1.30 bits per heavy atom. The number of esters is 1. The Bertz CT molecular complexity index is 1500. The van der Waals surface area contributed by atoms with Crippen molar-refractivity contribution in [1.29, 1.82) is 0 Å².